The number of aromatic nitrogens is 4. The minimum absolute atomic E-state index is 0.700. The Bertz CT molecular complexity index is 2210. The highest BCUT2D eigenvalue weighted by atomic mass is 15.0. The van der Waals surface area contributed by atoms with E-state index in [2.05, 4.69) is 133 Å². The summed E-state index contributed by atoms with van der Waals surface area (Å²) >= 11 is 0. The summed E-state index contributed by atoms with van der Waals surface area (Å²) < 4.78 is 4.59. The number of benzene rings is 4. The molecule has 0 radical (unpaired) electrons. The molecule has 43 heavy (non-hydrogen) atoms. The summed E-state index contributed by atoms with van der Waals surface area (Å²) in [7, 11) is 0. The van der Waals surface area contributed by atoms with Gasteiger partial charge in [0.25, 0.3) is 0 Å². The maximum atomic E-state index is 5.30. The van der Waals surface area contributed by atoms with Crippen LogP contribution in [0.25, 0.3) is 72.9 Å². The molecule has 0 spiro atoms. The fraction of sp³-hybridized carbons (Fsp3) is 0.0769. The van der Waals surface area contributed by atoms with Gasteiger partial charge < -0.3 is 9.13 Å². The molecule has 0 aliphatic rings. The van der Waals surface area contributed by atoms with E-state index in [1.165, 1.54) is 0 Å². The SMILES string of the molecule is C=Cc1c(C)n(C(C)=CC=CC)c2ccc(-c3nc(-c4ccccc4)c4c(n3)c3ccccc3n4-c3ccccc3)cc12. The summed E-state index contributed by atoms with van der Waals surface area (Å²) in [5.74, 6) is 0.700. The van der Waals surface area contributed by atoms with Crippen LogP contribution in [0.15, 0.2) is 128 Å². The third-order valence-electron chi connectivity index (χ3n) is 8.17. The van der Waals surface area contributed by atoms with E-state index in [1.54, 1.807) is 0 Å². The lowest BCUT2D eigenvalue weighted by molar-refractivity contribution is 1.07. The van der Waals surface area contributed by atoms with Crippen molar-refractivity contribution in [3.05, 3.63) is 139 Å². The van der Waals surface area contributed by atoms with Gasteiger partial charge in [-0.1, -0.05) is 91.5 Å². The van der Waals surface area contributed by atoms with Crippen LogP contribution in [0.1, 0.15) is 25.1 Å². The van der Waals surface area contributed by atoms with Crippen molar-refractivity contribution in [3.63, 3.8) is 0 Å². The maximum absolute atomic E-state index is 5.30. The molecule has 0 N–H and O–H groups in total. The van der Waals surface area contributed by atoms with Gasteiger partial charge in [-0.2, -0.15) is 0 Å². The van der Waals surface area contributed by atoms with Gasteiger partial charge in [-0.3, -0.25) is 0 Å². The topological polar surface area (TPSA) is 35.6 Å². The fourth-order valence-electron chi connectivity index (χ4n) is 6.22. The Morgan fingerprint density at radius 2 is 1.49 bits per heavy atom. The van der Waals surface area contributed by atoms with Crippen molar-refractivity contribution in [2.24, 2.45) is 0 Å². The zero-order chi connectivity index (χ0) is 29.5. The molecule has 0 aliphatic heterocycles. The monoisotopic (exact) mass is 556 g/mol. The summed E-state index contributed by atoms with van der Waals surface area (Å²) in [5.41, 5.74) is 11.6. The summed E-state index contributed by atoms with van der Waals surface area (Å²) in [6.45, 7) is 10.5. The zero-order valence-corrected chi connectivity index (χ0v) is 24.6. The second kappa shape index (κ2) is 10.7. The van der Waals surface area contributed by atoms with E-state index in [-0.39, 0.29) is 0 Å². The molecule has 7 aromatic rings. The van der Waals surface area contributed by atoms with E-state index in [9.17, 15) is 0 Å². The van der Waals surface area contributed by atoms with E-state index in [0.717, 1.165) is 72.3 Å². The Morgan fingerprint density at radius 1 is 0.767 bits per heavy atom. The molecule has 0 amide bonds. The molecule has 0 unspecified atom stereocenters. The normalized spacial score (nSPS) is 12.2. The van der Waals surface area contributed by atoms with Gasteiger partial charge in [0.15, 0.2) is 5.82 Å². The summed E-state index contributed by atoms with van der Waals surface area (Å²) in [6.07, 6.45) is 8.21. The molecule has 7 rings (SSSR count). The van der Waals surface area contributed by atoms with E-state index in [0.29, 0.717) is 5.82 Å². The first-order valence-corrected chi connectivity index (χ1v) is 14.6. The Kier molecular flexibility index (Phi) is 6.59. The van der Waals surface area contributed by atoms with Gasteiger partial charge in [-0.05, 0) is 63.2 Å². The minimum Gasteiger partial charge on any atom is -0.317 e. The third-order valence-corrected chi connectivity index (χ3v) is 8.17. The standard InChI is InChI=1S/C39H32N4/c1-5-7-16-26(3)42-27(4)31(6-2)33-25-29(23-24-35(33)42)39-40-36(28-17-10-8-11-18-28)38-37(41-39)32-21-14-15-22-34(32)43(38)30-19-12-9-13-20-30/h5-25H,2H2,1,3-4H3. The highest BCUT2D eigenvalue weighted by Gasteiger charge is 2.21. The second-order valence-corrected chi connectivity index (χ2v) is 10.8. The number of hydrogen-bond acceptors (Lipinski definition) is 2. The third kappa shape index (κ3) is 4.31. The van der Waals surface area contributed by atoms with Gasteiger partial charge in [0.1, 0.15) is 5.52 Å². The molecule has 0 bridgehead atoms. The average molecular weight is 557 g/mol. The molecule has 0 saturated carbocycles. The lowest BCUT2D eigenvalue weighted by Gasteiger charge is -2.12. The molecular weight excluding hydrogens is 524 g/mol. The number of allylic oxidation sites excluding steroid dienone is 4. The molecule has 208 valence electrons. The van der Waals surface area contributed by atoms with Crippen molar-refractivity contribution in [1.29, 1.82) is 0 Å². The van der Waals surface area contributed by atoms with E-state index in [4.69, 9.17) is 9.97 Å². The van der Waals surface area contributed by atoms with Crippen LogP contribution in [0.3, 0.4) is 0 Å². The van der Waals surface area contributed by atoms with Crippen molar-refractivity contribution in [3.8, 4) is 28.3 Å². The lowest BCUT2D eigenvalue weighted by Crippen LogP contribution is -1.99. The predicted octanol–water partition coefficient (Wildman–Crippen LogP) is 10.3. The van der Waals surface area contributed by atoms with Crippen LogP contribution in [0.5, 0.6) is 0 Å². The zero-order valence-electron chi connectivity index (χ0n) is 24.6. The van der Waals surface area contributed by atoms with Crippen molar-refractivity contribution in [2.75, 3.05) is 0 Å². The Balaban J connectivity index is 1.55. The Morgan fingerprint density at radius 3 is 2.23 bits per heavy atom. The molecular formula is C39H32N4. The molecule has 0 atom stereocenters. The molecule has 0 aliphatic carbocycles. The first-order chi connectivity index (χ1) is 21.1. The van der Waals surface area contributed by atoms with Crippen molar-refractivity contribution >= 4 is 44.6 Å². The highest BCUT2D eigenvalue weighted by molar-refractivity contribution is 6.11. The first kappa shape index (κ1) is 26.4. The molecule has 0 fully saturated rings. The number of rotatable bonds is 6. The lowest BCUT2D eigenvalue weighted by atomic mass is 10.1. The smallest absolute Gasteiger partial charge is 0.160 e. The molecule has 3 aromatic heterocycles. The first-order valence-electron chi connectivity index (χ1n) is 14.6. The second-order valence-electron chi connectivity index (χ2n) is 10.8. The number of nitrogens with zero attached hydrogens (tertiary/aromatic N) is 4. The van der Waals surface area contributed by atoms with Crippen LogP contribution in [0.4, 0.5) is 0 Å². The van der Waals surface area contributed by atoms with Crippen molar-refractivity contribution < 1.29 is 0 Å². The fourth-order valence-corrected chi connectivity index (χ4v) is 6.22. The minimum atomic E-state index is 0.700. The maximum Gasteiger partial charge on any atom is 0.160 e. The Hall–Kier alpha value is -5.48. The van der Waals surface area contributed by atoms with Gasteiger partial charge in [0.2, 0.25) is 0 Å². The number of fused-ring (bicyclic) bond motifs is 4. The van der Waals surface area contributed by atoms with Crippen LogP contribution in [0.2, 0.25) is 0 Å². The average Bonchev–Trinajstić information content (AvgIpc) is 3.54. The Labute approximate surface area is 251 Å². The molecule has 4 heteroatoms. The van der Waals surface area contributed by atoms with Crippen LogP contribution in [-0.2, 0) is 0 Å². The van der Waals surface area contributed by atoms with E-state index < -0.39 is 0 Å². The quantitative estimate of drug-likeness (QED) is 0.191. The van der Waals surface area contributed by atoms with Crippen LogP contribution in [-0.4, -0.2) is 19.1 Å². The summed E-state index contributed by atoms with van der Waals surface area (Å²) in [6, 6.07) is 35.9. The van der Waals surface area contributed by atoms with Crippen molar-refractivity contribution in [1.82, 2.24) is 19.1 Å². The number of para-hydroxylation sites is 2. The van der Waals surface area contributed by atoms with Crippen LogP contribution < -0.4 is 0 Å². The number of hydrogen-bond donors (Lipinski definition) is 0. The van der Waals surface area contributed by atoms with Gasteiger partial charge in [0, 0.05) is 44.5 Å². The van der Waals surface area contributed by atoms with Gasteiger partial charge in [-0.25, -0.2) is 9.97 Å². The largest absolute Gasteiger partial charge is 0.317 e. The van der Waals surface area contributed by atoms with Gasteiger partial charge in [0.05, 0.1) is 22.2 Å². The highest BCUT2D eigenvalue weighted by Crippen LogP contribution is 2.39. The summed E-state index contributed by atoms with van der Waals surface area (Å²) in [4.78, 5) is 10.6. The molecule has 0 saturated heterocycles. The van der Waals surface area contributed by atoms with E-state index >= 15 is 0 Å². The molecule has 4 nitrogen and oxygen atoms in total. The van der Waals surface area contributed by atoms with Gasteiger partial charge >= 0.3 is 0 Å². The van der Waals surface area contributed by atoms with E-state index in [1.807, 2.05) is 31.2 Å². The van der Waals surface area contributed by atoms with Gasteiger partial charge in [-0.15, -0.1) is 0 Å². The summed E-state index contributed by atoms with van der Waals surface area (Å²) in [5, 5.41) is 2.23. The molecule has 3 heterocycles. The molecule has 4 aromatic carbocycles. The van der Waals surface area contributed by atoms with Crippen molar-refractivity contribution in [2.45, 2.75) is 20.8 Å². The predicted molar refractivity (Wildman–Crippen MR) is 182 cm³/mol. The van der Waals surface area contributed by atoms with Crippen LogP contribution >= 0.6 is 0 Å². The van der Waals surface area contributed by atoms with Crippen LogP contribution in [0, 0.1) is 6.92 Å².